The van der Waals surface area contributed by atoms with Gasteiger partial charge in [-0.1, -0.05) is 51.1 Å². The van der Waals surface area contributed by atoms with E-state index < -0.39 is 23.8 Å². The minimum absolute atomic E-state index is 0.0246. The third-order valence-corrected chi connectivity index (χ3v) is 4.98. The molecule has 3 amide bonds. The summed E-state index contributed by atoms with van der Waals surface area (Å²) in [5, 5.41) is 5.65. The van der Waals surface area contributed by atoms with E-state index >= 15 is 0 Å². The van der Waals surface area contributed by atoms with Gasteiger partial charge in [0.2, 0.25) is 11.8 Å². The largest absolute Gasteiger partial charge is 0.444 e. The van der Waals surface area contributed by atoms with Gasteiger partial charge in [-0.15, -0.1) is 0 Å². The predicted molar refractivity (Wildman–Crippen MR) is 133 cm³/mol. The number of nitrogens with zero attached hydrogens (tertiary/aromatic N) is 1. The molecule has 0 heterocycles. The van der Waals surface area contributed by atoms with Crippen LogP contribution in [0.25, 0.3) is 6.08 Å². The second kappa shape index (κ2) is 13.0. The van der Waals surface area contributed by atoms with Gasteiger partial charge >= 0.3 is 6.09 Å². The van der Waals surface area contributed by atoms with Gasteiger partial charge in [0.25, 0.3) is 0 Å². The van der Waals surface area contributed by atoms with E-state index in [1.807, 2.05) is 38.1 Å². The summed E-state index contributed by atoms with van der Waals surface area (Å²) >= 11 is 0. The van der Waals surface area contributed by atoms with Crippen LogP contribution < -0.4 is 10.6 Å². The van der Waals surface area contributed by atoms with Crippen molar-refractivity contribution in [2.75, 3.05) is 6.54 Å². The molecule has 0 saturated carbocycles. The molecular formula is C26H41N3O4. The van der Waals surface area contributed by atoms with Crippen LogP contribution in [-0.4, -0.2) is 47.0 Å². The number of hydrogen-bond donors (Lipinski definition) is 2. The molecule has 3 unspecified atom stereocenters. The fraction of sp³-hybridized carbons (Fsp3) is 0.577. The number of carbonyl (C=O) groups is 3. The van der Waals surface area contributed by atoms with Gasteiger partial charge in [-0.25, -0.2) is 4.79 Å². The highest BCUT2D eigenvalue weighted by Gasteiger charge is 2.34. The van der Waals surface area contributed by atoms with Crippen LogP contribution in [0.5, 0.6) is 0 Å². The first-order valence-electron chi connectivity index (χ1n) is 11.8. The molecule has 7 nitrogen and oxygen atoms in total. The van der Waals surface area contributed by atoms with E-state index in [1.165, 1.54) is 4.90 Å². The number of amides is 3. The Hall–Kier alpha value is -2.83. The Bertz CT molecular complexity index is 816. The molecule has 0 spiro atoms. The van der Waals surface area contributed by atoms with E-state index in [-0.39, 0.29) is 17.9 Å². The minimum atomic E-state index is -0.864. The number of benzene rings is 1. The van der Waals surface area contributed by atoms with Crippen LogP contribution >= 0.6 is 0 Å². The standard InChI is InChI=1S/C26H41N3O4/c1-9-13-18(4)27-23(30)22(21-15-12-14-20(11-3)17-21)29(16-10-2)24(31)19(5)28-25(32)33-26(6,7)8/h11-12,14-15,17-19,22H,3,9-10,13,16H2,1-2,4-8H3,(H,27,30)(H,28,32). The Morgan fingerprint density at radius 2 is 1.79 bits per heavy atom. The molecule has 7 heteroatoms. The first-order valence-corrected chi connectivity index (χ1v) is 11.8. The normalized spacial score (nSPS) is 13.9. The Morgan fingerprint density at radius 3 is 2.33 bits per heavy atom. The van der Waals surface area contributed by atoms with E-state index in [0.717, 1.165) is 18.4 Å². The zero-order valence-electron chi connectivity index (χ0n) is 21.2. The van der Waals surface area contributed by atoms with Crippen molar-refractivity contribution in [3.63, 3.8) is 0 Å². The van der Waals surface area contributed by atoms with E-state index in [0.29, 0.717) is 18.5 Å². The smallest absolute Gasteiger partial charge is 0.408 e. The number of alkyl carbamates (subject to hydrolysis) is 1. The number of rotatable bonds is 11. The molecule has 0 aromatic heterocycles. The first-order chi connectivity index (χ1) is 15.4. The summed E-state index contributed by atoms with van der Waals surface area (Å²) in [5.74, 6) is -0.599. The van der Waals surface area contributed by atoms with Crippen molar-refractivity contribution in [1.29, 1.82) is 0 Å². The quantitative estimate of drug-likeness (QED) is 0.496. The summed E-state index contributed by atoms with van der Waals surface area (Å²) in [5.41, 5.74) is 0.870. The number of carbonyl (C=O) groups excluding carboxylic acids is 3. The van der Waals surface area contributed by atoms with Gasteiger partial charge in [0, 0.05) is 12.6 Å². The maximum Gasteiger partial charge on any atom is 0.408 e. The number of ether oxygens (including phenoxy) is 1. The average Bonchev–Trinajstić information content (AvgIpc) is 2.71. The lowest BCUT2D eigenvalue weighted by molar-refractivity contribution is -0.142. The lowest BCUT2D eigenvalue weighted by Crippen LogP contribution is -2.52. The molecule has 0 aliphatic rings. The molecule has 1 aromatic carbocycles. The van der Waals surface area contributed by atoms with Crippen LogP contribution in [0.1, 0.15) is 84.9 Å². The van der Waals surface area contributed by atoms with Gasteiger partial charge < -0.3 is 20.3 Å². The third kappa shape index (κ3) is 9.28. The Kier molecular flexibility index (Phi) is 11.1. The van der Waals surface area contributed by atoms with Crippen LogP contribution in [0, 0.1) is 0 Å². The van der Waals surface area contributed by atoms with E-state index in [2.05, 4.69) is 24.1 Å². The van der Waals surface area contributed by atoms with Crippen molar-refractivity contribution in [1.82, 2.24) is 15.5 Å². The van der Waals surface area contributed by atoms with Gasteiger partial charge in [0.05, 0.1) is 0 Å². The fourth-order valence-electron chi connectivity index (χ4n) is 3.56. The summed E-state index contributed by atoms with van der Waals surface area (Å²) in [6.07, 6.45) is 3.46. The molecule has 2 N–H and O–H groups in total. The molecule has 1 aromatic rings. The lowest BCUT2D eigenvalue weighted by atomic mass is 9.99. The van der Waals surface area contributed by atoms with E-state index in [9.17, 15) is 14.4 Å². The second-order valence-corrected chi connectivity index (χ2v) is 9.37. The maximum absolute atomic E-state index is 13.5. The molecule has 0 radical (unpaired) electrons. The first kappa shape index (κ1) is 28.2. The van der Waals surface area contributed by atoms with E-state index in [1.54, 1.807) is 33.8 Å². The van der Waals surface area contributed by atoms with Crippen LogP contribution in [0.15, 0.2) is 30.8 Å². The Labute approximate surface area is 198 Å². The van der Waals surface area contributed by atoms with Gasteiger partial charge in [0.15, 0.2) is 0 Å². The molecule has 0 aliphatic heterocycles. The van der Waals surface area contributed by atoms with Gasteiger partial charge in [0.1, 0.15) is 17.7 Å². The van der Waals surface area contributed by atoms with Crippen LogP contribution in [0.2, 0.25) is 0 Å². The molecule has 3 atom stereocenters. The van der Waals surface area contributed by atoms with Crippen molar-refractivity contribution in [3.8, 4) is 0 Å². The van der Waals surface area contributed by atoms with Crippen LogP contribution in [-0.2, 0) is 14.3 Å². The van der Waals surface area contributed by atoms with Crippen molar-refractivity contribution >= 4 is 24.0 Å². The monoisotopic (exact) mass is 459 g/mol. The Balaban J connectivity index is 3.30. The summed E-state index contributed by atoms with van der Waals surface area (Å²) in [6, 6.07) is 5.72. The number of hydrogen-bond acceptors (Lipinski definition) is 4. The van der Waals surface area contributed by atoms with Gasteiger partial charge in [-0.3, -0.25) is 9.59 Å². The zero-order chi connectivity index (χ0) is 25.2. The SMILES string of the molecule is C=Cc1cccc(C(C(=O)NC(C)CCC)N(CCC)C(=O)C(C)NC(=O)OC(C)(C)C)c1. The second-order valence-electron chi connectivity index (χ2n) is 9.37. The summed E-state index contributed by atoms with van der Waals surface area (Å²) < 4.78 is 5.29. The maximum atomic E-state index is 13.5. The van der Waals surface area contributed by atoms with Gasteiger partial charge in [-0.05, 0) is 64.7 Å². The zero-order valence-corrected chi connectivity index (χ0v) is 21.2. The van der Waals surface area contributed by atoms with Crippen molar-refractivity contribution in [3.05, 3.63) is 42.0 Å². The molecule has 0 aliphatic carbocycles. The van der Waals surface area contributed by atoms with Crippen molar-refractivity contribution in [2.24, 2.45) is 0 Å². The van der Waals surface area contributed by atoms with Crippen molar-refractivity contribution < 1.29 is 19.1 Å². The third-order valence-electron chi connectivity index (χ3n) is 4.98. The molecule has 0 saturated heterocycles. The fourth-order valence-corrected chi connectivity index (χ4v) is 3.56. The van der Waals surface area contributed by atoms with E-state index in [4.69, 9.17) is 4.74 Å². The average molecular weight is 460 g/mol. The summed E-state index contributed by atoms with van der Waals surface area (Å²) in [4.78, 5) is 40.7. The van der Waals surface area contributed by atoms with Crippen molar-refractivity contribution in [2.45, 2.75) is 91.5 Å². The highest BCUT2D eigenvalue weighted by molar-refractivity contribution is 5.92. The molecule has 0 bridgehead atoms. The van der Waals surface area contributed by atoms with Gasteiger partial charge in [-0.2, -0.15) is 0 Å². The molecule has 33 heavy (non-hydrogen) atoms. The number of nitrogens with one attached hydrogen (secondary N) is 2. The topological polar surface area (TPSA) is 87.7 Å². The minimum Gasteiger partial charge on any atom is -0.444 e. The highest BCUT2D eigenvalue weighted by Crippen LogP contribution is 2.25. The predicted octanol–water partition coefficient (Wildman–Crippen LogP) is 4.83. The molecule has 1 rings (SSSR count). The molecular weight excluding hydrogens is 418 g/mol. The summed E-state index contributed by atoms with van der Waals surface area (Å²) in [6.45, 7) is 17.0. The Morgan fingerprint density at radius 1 is 1.12 bits per heavy atom. The summed E-state index contributed by atoms with van der Waals surface area (Å²) in [7, 11) is 0. The molecule has 184 valence electrons. The van der Waals surface area contributed by atoms with Crippen LogP contribution in [0.4, 0.5) is 4.79 Å². The van der Waals surface area contributed by atoms with Crippen LogP contribution in [0.3, 0.4) is 0 Å². The molecule has 0 fully saturated rings. The highest BCUT2D eigenvalue weighted by atomic mass is 16.6. The lowest BCUT2D eigenvalue weighted by Gasteiger charge is -2.34.